The summed E-state index contributed by atoms with van der Waals surface area (Å²) in [7, 11) is 0. The monoisotopic (exact) mass is 219 g/mol. The van der Waals surface area contributed by atoms with Gasteiger partial charge in [0.2, 0.25) is 0 Å². The molecule has 2 rings (SSSR count). The van der Waals surface area contributed by atoms with Gasteiger partial charge in [-0.3, -0.25) is 0 Å². The van der Waals surface area contributed by atoms with Gasteiger partial charge in [0.25, 0.3) is 0 Å². The second-order valence-corrected chi connectivity index (χ2v) is 4.77. The highest BCUT2D eigenvalue weighted by atomic mass is 16.5. The lowest BCUT2D eigenvalue weighted by molar-refractivity contribution is 0.295. The average Bonchev–Trinajstić information content (AvgIpc) is 3.09. The largest absolute Gasteiger partial charge is 0.493 e. The molecular weight excluding hydrogens is 198 g/mol. The summed E-state index contributed by atoms with van der Waals surface area (Å²) in [6, 6.07) is 6.42. The van der Waals surface area contributed by atoms with Crippen LogP contribution in [0.25, 0.3) is 0 Å². The molecule has 1 aliphatic carbocycles. The number of nitrogens with two attached hydrogens (primary N) is 1. The standard InChI is InChI=1S/C14H21NO/c1-3-11-6-7-14(13(8-11)10(2)15)16-9-12-4-5-12/h6-8,10,12H,3-5,9,15H2,1-2H3. The predicted molar refractivity (Wildman–Crippen MR) is 66.6 cm³/mol. The van der Waals surface area contributed by atoms with E-state index in [0.717, 1.165) is 30.3 Å². The lowest BCUT2D eigenvalue weighted by Gasteiger charge is -2.15. The highest BCUT2D eigenvalue weighted by Gasteiger charge is 2.22. The van der Waals surface area contributed by atoms with Gasteiger partial charge in [-0.2, -0.15) is 0 Å². The molecular formula is C14H21NO. The van der Waals surface area contributed by atoms with Crippen molar-refractivity contribution in [1.29, 1.82) is 0 Å². The Morgan fingerprint density at radius 1 is 1.44 bits per heavy atom. The van der Waals surface area contributed by atoms with Gasteiger partial charge < -0.3 is 10.5 Å². The summed E-state index contributed by atoms with van der Waals surface area (Å²) in [5, 5.41) is 0. The molecule has 16 heavy (non-hydrogen) atoms. The van der Waals surface area contributed by atoms with E-state index >= 15 is 0 Å². The Morgan fingerprint density at radius 3 is 2.75 bits per heavy atom. The molecule has 2 heteroatoms. The summed E-state index contributed by atoms with van der Waals surface area (Å²) >= 11 is 0. The van der Waals surface area contributed by atoms with E-state index in [4.69, 9.17) is 10.5 Å². The van der Waals surface area contributed by atoms with Crippen LogP contribution in [0.1, 0.15) is 43.9 Å². The molecule has 1 aliphatic rings. The van der Waals surface area contributed by atoms with Crippen LogP contribution in [0.2, 0.25) is 0 Å². The van der Waals surface area contributed by atoms with Gasteiger partial charge in [-0.25, -0.2) is 0 Å². The lowest BCUT2D eigenvalue weighted by atomic mass is 10.0. The van der Waals surface area contributed by atoms with Crippen LogP contribution >= 0.6 is 0 Å². The molecule has 0 radical (unpaired) electrons. The maximum Gasteiger partial charge on any atom is 0.124 e. The van der Waals surface area contributed by atoms with Crippen molar-refractivity contribution in [2.45, 2.75) is 39.2 Å². The molecule has 0 saturated heterocycles. The van der Waals surface area contributed by atoms with Gasteiger partial charge in [0.1, 0.15) is 5.75 Å². The summed E-state index contributed by atoms with van der Waals surface area (Å²) in [6.07, 6.45) is 3.68. The first-order valence-electron chi connectivity index (χ1n) is 6.22. The number of ether oxygens (including phenoxy) is 1. The van der Waals surface area contributed by atoms with Crippen molar-refractivity contribution < 1.29 is 4.74 Å². The van der Waals surface area contributed by atoms with Crippen LogP contribution in [0.3, 0.4) is 0 Å². The van der Waals surface area contributed by atoms with Gasteiger partial charge in [-0.05, 0) is 43.7 Å². The summed E-state index contributed by atoms with van der Waals surface area (Å²) in [4.78, 5) is 0. The first-order valence-corrected chi connectivity index (χ1v) is 6.22. The van der Waals surface area contributed by atoms with Crippen LogP contribution in [0, 0.1) is 5.92 Å². The predicted octanol–water partition coefficient (Wildman–Crippen LogP) is 3.06. The Labute approximate surface area is 97.8 Å². The van der Waals surface area contributed by atoms with Crippen molar-refractivity contribution in [3.05, 3.63) is 29.3 Å². The number of hydrogen-bond donors (Lipinski definition) is 1. The topological polar surface area (TPSA) is 35.2 Å². The number of benzene rings is 1. The van der Waals surface area contributed by atoms with E-state index in [1.807, 2.05) is 6.92 Å². The van der Waals surface area contributed by atoms with Crippen LogP contribution in [0.4, 0.5) is 0 Å². The molecule has 2 nitrogen and oxygen atoms in total. The van der Waals surface area contributed by atoms with Crippen molar-refractivity contribution in [2.75, 3.05) is 6.61 Å². The van der Waals surface area contributed by atoms with E-state index in [-0.39, 0.29) is 6.04 Å². The van der Waals surface area contributed by atoms with E-state index in [9.17, 15) is 0 Å². The van der Waals surface area contributed by atoms with Crippen molar-refractivity contribution in [3.8, 4) is 5.75 Å². The molecule has 0 aliphatic heterocycles. The zero-order valence-corrected chi connectivity index (χ0v) is 10.2. The molecule has 0 spiro atoms. The third kappa shape index (κ3) is 2.76. The fraction of sp³-hybridized carbons (Fsp3) is 0.571. The Hall–Kier alpha value is -1.02. The maximum absolute atomic E-state index is 5.98. The average molecular weight is 219 g/mol. The molecule has 0 bridgehead atoms. The molecule has 0 heterocycles. The van der Waals surface area contributed by atoms with E-state index in [2.05, 4.69) is 25.1 Å². The van der Waals surface area contributed by atoms with Gasteiger partial charge >= 0.3 is 0 Å². The molecule has 0 amide bonds. The minimum atomic E-state index is 0.0423. The van der Waals surface area contributed by atoms with Crippen molar-refractivity contribution in [3.63, 3.8) is 0 Å². The lowest BCUT2D eigenvalue weighted by Crippen LogP contribution is -2.09. The molecule has 1 aromatic rings. The summed E-state index contributed by atoms with van der Waals surface area (Å²) < 4.78 is 5.84. The third-order valence-electron chi connectivity index (χ3n) is 3.14. The van der Waals surface area contributed by atoms with Crippen LogP contribution in [0.5, 0.6) is 5.75 Å². The van der Waals surface area contributed by atoms with Crippen LogP contribution in [0.15, 0.2) is 18.2 Å². The van der Waals surface area contributed by atoms with Crippen molar-refractivity contribution >= 4 is 0 Å². The number of hydrogen-bond acceptors (Lipinski definition) is 2. The van der Waals surface area contributed by atoms with Crippen molar-refractivity contribution in [2.24, 2.45) is 11.7 Å². The molecule has 1 unspecified atom stereocenters. The maximum atomic E-state index is 5.98. The van der Waals surface area contributed by atoms with Crippen LogP contribution in [-0.4, -0.2) is 6.61 Å². The van der Waals surface area contributed by atoms with Crippen LogP contribution in [-0.2, 0) is 6.42 Å². The van der Waals surface area contributed by atoms with Crippen LogP contribution < -0.4 is 10.5 Å². The zero-order valence-electron chi connectivity index (χ0n) is 10.2. The smallest absolute Gasteiger partial charge is 0.124 e. The van der Waals surface area contributed by atoms with Gasteiger partial charge in [0, 0.05) is 11.6 Å². The molecule has 1 saturated carbocycles. The minimum absolute atomic E-state index is 0.0423. The van der Waals surface area contributed by atoms with Gasteiger partial charge in [0.15, 0.2) is 0 Å². The normalized spacial score (nSPS) is 17.2. The Bertz CT molecular complexity index is 356. The minimum Gasteiger partial charge on any atom is -0.493 e. The molecule has 1 aromatic carbocycles. The molecule has 2 N–H and O–H groups in total. The Balaban J connectivity index is 2.13. The second kappa shape index (κ2) is 4.88. The summed E-state index contributed by atoms with van der Waals surface area (Å²) in [5.74, 6) is 1.76. The number of rotatable bonds is 5. The van der Waals surface area contributed by atoms with E-state index in [1.54, 1.807) is 0 Å². The Morgan fingerprint density at radius 2 is 2.19 bits per heavy atom. The van der Waals surface area contributed by atoms with Gasteiger partial charge in [0.05, 0.1) is 6.61 Å². The van der Waals surface area contributed by atoms with E-state index < -0.39 is 0 Å². The number of aryl methyl sites for hydroxylation is 1. The molecule has 1 fully saturated rings. The van der Waals surface area contributed by atoms with E-state index in [1.165, 1.54) is 18.4 Å². The Kier molecular flexibility index (Phi) is 3.49. The summed E-state index contributed by atoms with van der Waals surface area (Å²) in [6.45, 7) is 5.02. The van der Waals surface area contributed by atoms with Gasteiger partial charge in [-0.15, -0.1) is 0 Å². The molecule has 88 valence electrons. The fourth-order valence-corrected chi connectivity index (χ4v) is 1.80. The first-order chi connectivity index (χ1) is 7.70. The third-order valence-corrected chi connectivity index (χ3v) is 3.14. The fourth-order valence-electron chi connectivity index (χ4n) is 1.80. The van der Waals surface area contributed by atoms with Gasteiger partial charge in [-0.1, -0.05) is 19.1 Å². The second-order valence-electron chi connectivity index (χ2n) is 4.77. The molecule has 1 atom stereocenters. The SMILES string of the molecule is CCc1ccc(OCC2CC2)c(C(C)N)c1. The summed E-state index contributed by atoms with van der Waals surface area (Å²) in [5.41, 5.74) is 8.44. The van der Waals surface area contributed by atoms with Crippen molar-refractivity contribution in [1.82, 2.24) is 0 Å². The first kappa shape index (κ1) is 11.5. The van der Waals surface area contributed by atoms with E-state index in [0.29, 0.717) is 0 Å². The highest BCUT2D eigenvalue weighted by molar-refractivity contribution is 5.39. The quantitative estimate of drug-likeness (QED) is 0.826. The molecule has 0 aromatic heterocycles. The zero-order chi connectivity index (χ0) is 11.5. The highest BCUT2D eigenvalue weighted by Crippen LogP contribution is 2.31.